The van der Waals surface area contributed by atoms with Crippen molar-refractivity contribution < 1.29 is 18.1 Å². The molecule has 19 heavy (non-hydrogen) atoms. The molecule has 1 aromatic carbocycles. The molecule has 3 N–H and O–H groups in total. The molecule has 0 aliphatic carbocycles. The second kappa shape index (κ2) is 6.45. The summed E-state index contributed by atoms with van der Waals surface area (Å²) >= 11 is 0. The molecule has 0 radical (unpaired) electrons. The van der Waals surface area contributed by atoms with Crippen molar-refractivity contribution in [2.24, 2.45) is 5.73 Å². The van der Waals surface area contributed by atoms with Crippen LogP contribution in [0.1, 0.15) is 6.42 Å². The van der Waals surface area contributed by atoms with Gasteiger partial charge in [-0.2, -0.15) is 0 Å². The summed E-state index contributed by atoms with van der Waals surface area (Å²) in [7, 11) is -2.48. The van der Waals surface area contributed by atoms with Crippen LogP contribution < -0.4 is 15.2 Å². The highest BCUT2D eigenvalue weighted by Gasteiger charge is 2.20. The standard InChI is InChI=1S/C10H15N3O5S/c1-18-10-7-8(3-4-9(10)13(14)15)19(16,17)12-6-2-5-11/h3-4,7,12H,2,5-6,11H2,1H3. The van der Waals surface area contributed by atoms with Crippen molar-refractivity contribution in [2.45, 2.75) is 11.3 Å². The lowest BCUT2D eigenvalue weighted by molar-refractivity contribution is -0.385. The number of hydrogen-bond acceptors (Lipinski definition) is 6. The monoisotopic (exact) mass is 289 g/mol. The average molecular weight is 289 g/mol. The lowest BCUT2D eigenvalue weighted by Gasteiger charge is -2.08. The number of ether oxygens (including phenoxy) is 1. The van der Waals surface area contributed by atoms with E-state index in [4.69, 9.17) is 10.5 Å². The molecule has 0 heterocycles. The first-order chi connectivity index (χ1) is 8.92. The van der Waals surface area contributed by atoms with Crippen LogP contribution in [-0.2, 0) is 10.0 Å². The van der Waals surface area contributed by atoms with Gasteiger partial charge in [0.1, 0.15) is 0 Å². The van der Waals surface area contributed by atoms with Crippen LogP contribution >= 0.6 is 0 Å². The fourth-order valence-corrected chi connectivity index (χ4v) is 2.46. The van der Waals surface area contributed by atoms with Gasteiger partial charge in [-0.15, -0.1) is 0 Å². The fourth-order valence-electron chi connectivity index (χ4n) is 1.37. The Bertz CT molecular complexity index is 558. The maximum absolute atomic E-state index is 11.9. The molecule has 0 spiro atoms. The van der Waals surface area contributed by atoms with Gasteiger partial charge in [-0.1, -0.05) is 0 Å². The molecule has 0 atom stereocenters. The molecule has 0 aliphatic rings. The zero-order chi connectivity index (χ0) is 14.5. The Morgan fingerprint density at radius 1 is 1.47 bits per heavy atom. The smallest absolute Gasteiger partial charge is 0.310 e. The van der Waals surface area contributed by atoms with E-state index in [-0.39, 0.29) is 22.9 Å². The Morgan fingerprint density at radius 2 is 2.16 bits per heavy atom. The molecule has 8 nitrogen and oxygen atoms in total. The highest BCUT2D eigenvalue weighted by atomic mass is 32.2. The van der Waals surface area contributed by atoms with Crippen LogP contribution in [0.5, 0.6) is 5.75 Å². The molecule has 1 rings (SSSR count). The van der Waals surface area contributed by atoms with E-state index < -0.39 is 14.9 Å². The number of nitrogens with two attached hydrogens (primary N) is 1. The Morgan fingerprint density at radius 3 is 2.68 bits per heavy atom. The minimum Gasteiger partial charge on any atom is -0.490 e. The molecule has 9 heteroatoms. The molecule has 1 aromatic rings. The summed E-state index contributed by atoms with van der Waals surface area (Å²) in [6.07, 6.45) is 0.503. The van der Waals surface area contributed by atoms with Crippen LogP contribution in [0.2, 0.25) is 0 Å². The third-order valence-electron chi connectivity index (χ3n) is 2.33. The molecule has 0 amide bonds. The fraction of sp³-hybridized carbons (Fsp3) is 0.400. The first kappa shape index (κ1) is 15.3. The zero-order valence-electron chi connectivity index (χ0n) is 10.3. The summed E-state index contributed by atoms with van der Waals surface area (Å²) in [6.45, 7) is 0.574. The molecular formula is C10H15N3O5S. The van der Waals surface area contributed by atoms with Gasteiger partial charge >= 0.3 is 5.69 Å². The zero-order valence-corrected chi connectivity index (χ0v) is 11.1. The van der Waals surface area contributed by atoms with Gasteiger partial charge in [-0.3, -0.25) is 10.1 Å². The van der Waals surface area contributed by atoms with Gasteiger partial charge in [0, 0.05) is 18.7 Å². The summed E-state index contributed by atoms with van der Waals surface area (Å²) in [5.41, 5.74) is 4.98. The second-order valence-corrected chi connectivity index (χ2v) is 5.40. The maximum Gasteiger partial charge on any atom is 0.310 e. The van der Waals surface area contributed by atoms with Crippen LogP contribution in [0.15, 0.2) is 23.1 Å². The van der Waals surface area contributed by atoms with Crippen LogP contribution in [-0.4, -0.2) is 33.5 Å². The van der Waals surface area contributed by atoms with Crippen LogP contribution in [0, 0.1) is 10.1 Å². The average Bonchev–Trinajstić information content (AvgIpc) is 2.38. The molecular weight excluding hydrogens is 274 g/mol. The summed E-state index contributed by atoms with van der Waals surface area (Å²) in [5, 5.41) is 10.7. The van der Waals surface area contributed by atoms with Crippen LogP contribution in [0.3, 0.4) is 0 Å². The van der Waals surface area contributed by atoms with Crippen molar-refractivity contribution in [3.63, 3.8) is 0 Å². The van der Waals surface area contributed by atoms with Gasteiger partial charge < -0.3 is 10.5 Å². The molecule has 0 aliphatic heterocycles. The predicted octanol–water partition coefficient (Wildman–Crippen LogP) is 0.231. The Hall–Kier alpha value is -1.71. The van der Waals surface area contributed by atoms with E-state index in [1.165, 1.54) is 7.11 Å². The summed E-state index contributed by atoms with van der Waals surface area (Å²) in [6, 6.07) is 3.37. The third kappa shape index (κ3) is 3.88. The largest absolute Gasteiger partial charge is 0.490 e. The lowest BCUT2D eigenvalue weighted by Crippen LogP contribution is -2.26. The predicted molar refractivity (Wildman–Crippen MR) is 68.5 cm³/mol. The molecule has 0 unspecified atom stereocenters. The Labute approximate surface area is 110 Å². The molecule has 0 saturated heterocycles. The Kier molecular flexibility index (Phi) is 5.21. The third-order valence-corrected chi connectivity index (χ3v) is 3.79. The molecule has 0 bridgehead atoms. The molecule has 0 fully saturated rings. The lowest BCUT2D eigenvalue weighted by atomic mass is 10.3. The van der Waals surface area contributed by atoms with E-state index in [9.17, 15) is 18.5 Å². The quantitative estimate of drug-likeness (QED) is 0.420. The minimum absolute atomic E-state index is 0.0908. The summed E-state index contributed by atoms with van der Waals surface area (Å²) in [5.74, 6) is -0.105. The number of nitro benzene ring substituents is 1. The van der Waals surface area contributed by atoms with Gasteiger partial charge in [-0.25, -0.2) is 13.1 Å². The van der Waals surface area contributed by atoms with Gasteiger partial charge in [0.05, 0.1) is 16.9 Å². The van der Waals surface area contributed by atoms with Gasteiger partial charge in [0.2, 0.25) is 10.0 Å². The highest BCUT2D eigenvalue weighted by Crippen LogP contribution is 2.29. The first-order valence-corrected chi connectivity index (χ1v) is 6.93. The van der Waals surface area contributed by atoms with Gasteiger partial charge in [-0.05, 0) is 19.0 Å². The van der Waals surface area contributed by atoms with Crippen molar-refractivity contribution in [1.29, 1.82) is 0 Å². The number of nitro groups is 1. The van der Waals surface area contributed by atoms with Crippen molar-refractivity contribution in [3.05, 3.63) is 28.3 Å². The SMILES string of the molecule is COc1cc(S(=O)(=O)NCCCN)ccc1[N+](=O)[O-]. The number of hydrogen-bond donors (Lipinski definition) is 2. The molecule has 0 saturated carbocycles. The number of sulfonamides is 1. The van der Waals surface area contributed by atoms with Crippen molar-refractivity contribution in [2.75, 3.05) is 20.2 Å². The first-order valence-electron chi connectivity index (χ1n) is 5.44. The van der Waals surface area contributed by atoms with Crippen LogP contribution in [0.4, 0.5) is 5.69 Å². The normalized spacial score (nSPS) is 11.3. The molecule has 0 aromatic heterocycles. The maximum atomic E-state index is 11.9. The number of rotatable bonds is 7. The van der Waals surface area contributed by atoms with E-state index in [0.717, 1.165) is 18.2 Å². The van der Waals surface area contributed by atoms with Crippen molar-refractivity contribution >= 4 is 15.7 Å². The number of nitrogens with one attached hydrogen (secondary N) is 1. The second-order valence-electron chi connectivity index (χ2n) is 3.63. The van der Waals surface area contributed by atoms with E-state index in [1.807, 2.05) is 0 Å². The van der Waals surface area contributed by atoms with Gasteiger partial charge in [0.25, 0.3) is 0 Å². The van der Waals surface area contributed by atoms with E-state index >= 15 is 0 Å². The molecule has 106 valence electrons. The minimum atomic E-state index is -3.72. The van der Waals surface area contributed by atoms with Crippen LogP contribution in [0.25, 0.3) is 0 Å². The number of methoxy groups -OCH3 is 1. The van der Waals surface area contributed by atoms with Crippen molar-refractivity contribution in [3.8, 4) is 5.75 Å². The summed E-state index contributed by atoms with van der Waals surface area (Å²) in [4.78, 5) is 9.97. The summed E-state index contributed by atoms with van der Waals surface area (Å²) < 4.78 is 30.9. The van der Waals surface area contributed by atoms with Crippen molar-refractivity contribution in [1.82, 2.24) is 4.72 Å². The number of nitrogens with zero attached hydrogens (tertiary/aromatic N) is 1. The van der Waals surface area contributed by atoms with E-state index in [0.29, 0.717) is 13.0 Å². The van der Waals surface area contributed by atoms with Gasteiger partial charge in [0.15, 0.2) is 5.75 Å². The highest BCUT2D eigenvalue weighted by molar-refractivity contribution is 7.89. The van der Waals surface area contributed by atoms with E-state index in [1.54, 1.807) is 0 Å². The number of benzene rings is 1. The van der Waals surface area contributed by atoms with E-state index in [2.05, 4.69) is 4.72 Å². The topological polar surface area (TPSA) is 125 Å². The Balaban J connectivity index is 3.05.